The highest BCUT2D eigenvalue weighted by Gasteiger charge is 2.27. The average Bonchev–Trinajstić information content (AvgIpc) is 3.11. The number of halogens is 3. The molecule has 29 heavy (non-hydrogen) atoms. The van der Waals surface area contributed by atoms with Crippen LogP contribution in [0, 0.1) is 18.6 Å². The fraction of sp³-hybridized carbons (Fsp3) is 0.500. The van der Waals surface area contributed by atoms with Gasteiger partial charge >= 0.3 is 0 Å². The van der Waals surface area contributed by atoms with Crippen LogP contribution >= 0.6 is 35.3 Å². The van der Waals surface area contributed by atoms with Gasteiger partial charge in [0.05, 0.1) is 6.54 Å². The van der Waals surface area contributed by atoms with Crippen LogP contribution in [-0.2, 0) is 6.54 Å². The fourth-order valence-electron chi connectivity index (χ4n) is 3.66. The number of piperazine rings is 1. The van der Waals surface area contributed by atoms with E-state index in [4.69, 9.17) is 0 Å². The zero-order valence-electron chi connectivity index (χ0n) is 17.0. The topological polar surface area (TPSA) is 43.8 Å². The van der Waals surface area contributed by atoms with Gasteiger partial charge < -0.3 is 10.2 Å². The molecule has 1 saturated heterocycles. The largest absolute Gasteiger partial charge is 0.350 e. The molecule has 1 aliphatic heterocycles. The van der Waals surface area contributed by atoms with E-state index >= 15 is 0 Å². The first-order valence-corrected chi connectivity index (χ1v) is 10.4. The molecule has 1 aromatic carbocycles. The highest BCUT2D eigenvalue weighted by molar-refractivity contribution is 14.0. The van der Waals surface area contributed by atoms with Crippen LogP contribution in [0.25, 0.3) is 0 Å². The van der Waals surface area contributed by atoms with Crippen LogP contribution in [0.1, 0.15) is 34.8 Å². The number of hydrogen-bond acceptors (Lipinski definition) is 4. The lowest BCUT2D eigenvalue weighted by atomic mass is 10.0. The Balaban J connectivity index is 0.00000300. The number of aromatic nitrogens is 1. The van der Waals surface area contributed by atoms with E-state index in [1.165, 1.54) is 10.9 Å². The van der Waals surface area contributed by atoms with Crippen LogP contribution in [-0.4, -0.2) is 54.0 Å². The van der Waals surface area contributed by atoms with Gasteiger partial charge in [0.2, 0.25) is 0 Å². The monoisotopic (exact) mass is 535 g/mol. The molecule has 0 radical (unpaired) electrons. The third-order valence-electron chi connectivity index (χ3n) is 5.04. The molecule has 0 amide bonds. The van der Waals surface area contributed by atoms with Gasteiger partial charge in [-0.25, -0.2) is 13.8 Å². The van der Waals surface area contributed by atoms with Crippen molar-refractivity contribution in [3.05, 3.63) is 51.5 Å². The molecule has 3 rings (SSSR count). The van der Waals surface area contributed by atoms with Crippen molar-refractivity contribution in [3.8, 4) is 0 Å². The van der Waals surface area contributed by atoms with Gasteiger partial charge in [-0.05, 0) is 19.4 Å². The molecule has 2 aromatic rings. The number of thiazole rings is 1. The molecule has 1 unspecified atom stereocenters. The number of aryl methyl sites for hydroxylation is 1. The van der Waals surface area contributed by atoms with Gasteiger partial charge in [-0.15, -0.1) is 35.3 Å². The molecule has 0 saturated carbocycles. The molecule has 2 heterocycles. The van der Waals surface area contributed by atoms with E-state index in [9.17, 15) is 8.78 Å². The Labute approximate surface area is 192 Å². The van der Waals surface area contributed by atoms with Crippen molar-refractivity contribution in [2.45, 2.75) is 32.9 Å². The molecule has 5 nitrogen and oxygen atoms in total. The molecule has 0 spiro atoms. The van der Waals surface area contributed by atoms with E-state index in [0.717, 1.165) is 49.6 Å². The van der Waals surface area contributed by atoms with Crippen molar-refractivity contribution in [3.63, 3.8) is 0 Å². The molecular weight excluding hydrogens is 507 g/mol. The number of rotatable bonds is 5. The van der Waals surface area contributed by atoms with Crippen LogP contribution in [0.2, 0.25) is 0 Å². The van der Waals surface area contributed by atoms with Crippen molar-refractivity contribution in [1.82, 2.24) is 20.1 Å². The summed E-state index contributed by atoms with van der Waals surface area (Å²) in [4.78, 5) is 14.4. The number of hydrogen-bond donors (Lipinski definition) is 1. The minimum Gasteiger partial charge on any atom is -0.350 e. The second-order valence-electron chi connectivity index (χ2n) is 6.88. The van der Waals surface area contributed by atoms with Crippen LogP contribution in [0.15, 0.2) is 29.4 Å². The third-order valence-corrected chi connectivity index (χ3v) is 5.95. The number of benzene rings is 1. The summed E-state index contributed by atoms with van der Waals surface area (Å²) in [7, 11) is 1.78. The van der Waals surface area contributed by atoms with Gasteiger partial charge in [0.15, 0.2) is 5.96 Å². The number of nitrogens with zero attached hydrogens (tertiary/aromatic N) is 4. The predicted molar refractivity (Wildman–Crippen MR) is 125 cm³/mol. The molecule has 0 aliphatic carbocycles. The second-order valence-corrected chi connectivity index (χ2v) is 8.20. The van der Waals surface area contributed by atoms with Crippen molar-refractivity contribution in [2.24, 2.45) is 4.99 Å². The average molecular weight is 535 g/mol. The van der Waals surface area contributed by atoms with E-state index in [0.29, 0.717) is 12.1 Å². The van der Waals surface area contributed by atoms with Gasteiger partial charge in [-0.2, -0.15) is 0 Å². The van der Waals surface area contributed by atoms with Crippen LogP contribution in [0.3, 0.4) is 0 Å². The molecule has 1 N–H and O–H groups in total. The number of aliphatic imine (C=N–C) groups is 1. The summed E-state index contributed by atoms with van der Waals surface area (Å²) in [6, 6.07) is 3.84. The molecular formula is C20H28F2IN5S. The summed E-state index contributed by atoms with van der Waals surface area (Å²) < 4.78 is 27.5. The quantitative estimate of drug-likeness (QED) is 0.355. The first-order chi connectivity index (χ1) is 13.5. The summed E-state index contributed by atoms with van der Waals surface area (Å²) in [5, 5.41) is 4.41. The Morgan fingerprint density at radius 1 is 1.28 bits per heavy atom. The van der Waals surface area contributed by atoms with Gasteiger partial charge in [-0.3, -0.25) is 9.89 Å². The normalized spacial score (nSPS) is 16.4. The molecule has 160 valence electrons. The summed E-state index contributed by atoms with van der Waals surface area (Å²) in [5.41, 5.74) is 0.569. The second kappa shape index (κ2) is 11.2. The van der Waals surface area contributed by atoms with Crippen molar-refractivity contribution in [2.75, 3.05) is 33.2 Å². The maximum absolute atomic E-state index is 14.3. The summed E-state index contributed by atoms with van der Waals surface area (Å²) >= 11 is 1.68. The molecule has 1 aromatic heterocycles. The summed E-state index contributed by atoms with van der Waals surface area (Å²) in [6.45, 7) is 7.94. The van der Waals surface area contributed by atoms with Gasteiger partial charge in [0, 0.05) is 62.0 Å². The summed E-state index contributed by atoms with van der Waals surface area (Å²) in [6.07, 6.45) is 2.65. The predicted octanol–water partition coefficient (Wildman–Crippen LogP) is 4.19. The highest BCUT2D eigenvalue weighted by Crippen LogP contribution is 2.28. The lowest BCUT2D eigenvalue weighted by molar-refractivity contribution is 0.124. The van der Waals surface area contributed by atoms with Crippen LogP contribution in [0.5, 0.6) is 0 Å². The minimum atomic E-state index is -0.536. The van der Waals surface area contributed by atoms with Crippen LogP contribution < -0.4 is 5.32 Å². The maximum atomic E-state index is 14.3. The zero-order chi connectivity index (χ0) is 20.1. The first kappa shape index (κ1) is 23.9. The Kier molecular flexibility index (Phi) is 9.22. The van der Waals surface area contributed by atoms with Gasteiger partial charge in [-0.1, -0.05) is 13.0 Å². The first-order valence-electron chi connectivity index (χ1n) is 9.57. The summed E-state index contributed by atoms with van der Waals surface area (Å²) in [5.74, 6) is -0.148. The molecule has 9 heteroatoms. The number of guanidine groups is 1. The SMILES string of the molecule is CCC(c1ccc(F)cc1F)N1CCN(C(=NC)NCc2ncc(C)s2)CC1.I. The molecule has 0 bridgehead atoms. The molecule has 1 aliphatic rings. The molecule has 1 atom stereocenters. The van der Waals surface area contributed by atoms with Crippen molar-refractivity contribution < 1.29 is 8.78 Å². The highest BCUT2D eigenvalue weighted by atomic mass is 127. The van der Waals surface area contributed by atoms with E-state index < -0.39 is 11.6 Å². The Morgan fingerprint density at radius 3 is 2.55 bits per heavy atom. The Morgan fingerprint density at radius 2 is 2.00 bits per heavy atom. The Hall–Kier alpha value is -1.33. The van der Waals surface area contributed by atoms with Crippen molar-refractivity contribution >= 4 is 41.3 Å². The lowest BCUT2D eigenvalue weighted by Gasteiger charge is -2.40. The van der Waals surface area contributed by atoms with Crippen LogP contribution in [0.4, 0.5) is 8.78 Å². The molecule has 1 fully saturated rings. The standard InChI is InChI=1S/C20H27F2N5S.HI/c1-4-18(16-6-5-15(21)11-17(16)22)26-7-9-27(10-8-26)20(23-3)25-13-19-24-12-14(2)28-19;/h5-6,11-12,18H,4,7-10,13H2,1-3H3,(H,23,25);1H. The lowest BCUT2D eigenvalue weighted by Crippen LogP contribution is -2.53. The minimum absolute atomic E-state index is 0. The van der Waals surface area contributed by atoms with Crippen molar-refractivity contribution in [1.29, 1.82) is 0 Å². The maximum Gasteiger partial charge on any atom is 0.194 e. The van der Waals surface area contributed by atoms with E-state index in [-0.39, 0.29) is 30.0 Å². The fourth-order valence-corrected chi connectivity index (χ4v) is 4.39. The van der Waals surface area contributed by atoms with Gasteiger partial charge in [0.25, 0.3) is 0 Å². The van der Waals surface area contributed by atoms with E-state index in [1.807, 2.05) is 20.0 Å². The Bertz CT molecular complexity index is 821. The van der Waals surface area contributed by atoms with E-state index in [2.05, 4.69) is 25.1 Å². The number of nitrogens with one attached hydrogen (secondary N) is 1. The van der Waals surface area contributed by atoms with Gasteiger partial charge in [0.1, 0.15) is 16.6 Å². The van der Waals surface area contributed by atoms with E-state index in [1.54, 1.807) is 24.5 Å². The zero-order valence-corrected chi connectivity index (χ0v) is 20.1. The smallest absolute Gasteiger partial charge is 0.194 e. The third kappa shape index (κ3) is 6.08.